The average molecular weight is 404 g/mol. The van der Waals surface area contributed by atoms with E-state index in [1.807, 2.05) is 0 Å². The molecule has 0 saturated heterocycles. The molecule has 2 aromatic carbocycles. The van der Waals surface area contributed by atoms with E-state index in [1.54, 1.807) is 29.2 Å². The molecule has 0 radical (unpaired) electrons. The van der Waals surface area contributed by atoms with Crippen molar-refractivity contribution >= 4 is 17.5 Å². The largest absolute Gasteiger partial charge is 0.493 e. The third-order valence-corrected chi connectivity index (χ3v) is 4.51. The number of carbonyl (C=O) groups excluding carboxylic acids is 2. The Morgan fingerprint density at radius 2 is 1.86 bits per heavy atom. The van der Waals surface area contributed by atoms with Gasteiger partial charge in [0.1, 0.15) is 11.6 Å². The predicted octanol–water partition coefficient (Wildman–Crippen LogP) is 3.37. The molecule has 0 bridgehead atoms. The Kier molecular flexibility index (Phi) is 6.64. The van der Waals surface area contributed by atoms with Crippen LogP contribution >= 0.6 is 0 Å². The SMILES string of the molecule is COc1ccccc1OCC(=O)N(CCC(=O)Nc1cc(F)ccc1F)C1CC1. The zero-order valence-electron chi connectivity index (χ0n) is 16.0. The number of hydrogen-bond acceptors (Lipinski definition) is 4. The standard InChI is InChI=1S/C21H22F2N2O4/c1-28-18-4-2-3-5-19(18)29-13-21(27)25(15-7-8-15)11-10-20(26)24-17-12-14(22)6-9-16(17)23/h2-6,9,12,15H,7-8,10-11,13H2,1H3,(H,24,26). The first kappa shape index (κ1) is 20.6. The lowest BCUT2D eigenvalue weighted by Gasteiger charge is -2.22. The van der Waals surface area contributed by atoms with Gasteiger partial charge in [-0.15, -0.1) is 0 Å². The van der Waals surface area contributed by atoms with E-state index in [0.717, 1.165) is 31.0 Å². The highest BCUT2D eigenvalue weighted by Crippen LogP contribution is 2.29. The Balaban J connectivity index is 1.54. The van der Waals surface area contributed by atoms with Crippen LogP contribution in [0.2, 0.25) is 0 Å². The minimum absolute atomic E-state index is 0.0349. The quantitative estimate of drug-likeness (QED) is 0.696. The van der Waals surface area contributed by atoms with Crippen molar-refractivity contribution < 1.29 is 27.8 Å². The summed E-state index contributed by atoms with van der Waals surface area (Å²) >= 11 is 0. The molecule has 0 unspecified atom stereocenters. The van der Waals surface area contributed by atoms with Crippen LogP contribution in [0.4, 0.5) is 14.5 Å². The minimum atomic E-state index is -0.722. The number of para-hydroxylation sites is 2. The smallest absolute Gasteiger partial charge is 0.260 e. The number of hydrogen-bond donors (Lipinski definition) is 1. The van der Waals surface area contributed by atoms with Gasteiger partial charge in [0.15, 0.2) is 18.1 Å². The van der Waals surface area contributed by atoms with Crippen LogP contribution in [0, 0.1) is 11.6 Å². The van der Waals surface area contributed by atoms with Gasteiger partial charge in [-0.3, -0.25) is 9.59 Å². The highest BCUT2D eigenvalue weighted by Gasteiger charge is 2.33. The molecule has 0 heterocycles. The Hall–Kier alpha value is -3.16. The number of rotatable bonds is 9. The fourth-order valence-electron chi connectivity index (χ4n) is 2.89. The van der Waals surface area contributed by atoms with Crippen molar-refractivity contribution in [2.24, 2.45) is 0 Å². The van der Waals surface area contributed by atoms with Gasteiger partial charge < -0.3 is 19.7 Å². The number of ether oxygens (including phenoxy) is 2. The van der Waals surface area contributed by atoms with Crippen molar-refractivity contribution in [1.82, 2.24) is 4.90 Å². The van der Waals surface area contributed by atoms with Crippen LogP contribution in [0.5, 0.6) is 11.5 Å². The molecule has 6 nitrogen and oxygen atoms in total. The molecular weight excluding hydrogens is 382 g/mol. The summed E-state index contributed by atoms with van der Waals surface area (Å²) in [5.74, 6) is -1.14. The van der Waals surface area contributed by atoms with Crippen LogP contribution in [-0.4, -0.2) is 43.0 Å². The summed E-state index contributed by atoms with van der Waals surface area (Å²) in [6.45, 7) is -0.0153. The van der Waals surface area contributed by atoms with E-state index in [4.69, 9.17) is 9.47 Å². The van der Waals surface area contributed by atoms with E-state index in [1.165, 1.54) is 7.11 Å². The first-order chi connectivity index (χ1) is 14.0. The van der Waals surface area contributed by atoms with Gasteiger partial charge in [-0.25, -0.2) is 8.78 Å². The van der Waals surface area contributed by atoms with Crippen molar-refractivity contribution in [3.63, 3.8) is 0 Å². The lowest BCUT2D eigenvalue weighted by molar-refractivity contribution is -0.134. The Morgan fingerprint density at radius 1 is 1.14 bits per heavy atom. The van der Waals surface area contributed by atoms with E-state index < -0.39 is 17.5 Å². The zero-order chi connectivity index (χ0) is 20.8. The van der Waals surface area contributed by atoms with Gasteiger partial charge in [0.05, 0.1) is 12.8 Å². The number of anilines is 1. The molecular formula is C21H22F2N2O4. The molecule has 154 valence electrons. The molecule has 1 aliphatic rings. The highest BCUT2D eigenvalue weighted by molar-refractivity contribution is 5.91. The van der Waals surface area contributed by atoms with Crippen molar-refractivity contribution in [2.45, 2.75) is 25.3 Å². The first-order valence-corrected chi connectivity index (χ1v) is 9.28. The summed E-state index contributed by atoms with van der Waals surface area (Å²) in [7, 11) is 1.51. The first-order valence-electron chi connectivity index (χ1n) is 9.28. The van der Waals surface area contributed by atoms with Crippen molar-refractivity contribution in [3.05, 3.63) is 54.1 Å². The van der Waals surface area contributed by atoms with Gasteiger partial charge in [-0.1, -0.05) is 12.1 Å². The van der Waals surface area contributed by atoms with E-state index in [9.17, 15) is 18.4 Å². The Morgan fingerprint density at radius 3 is 2.55 bits per heavy atom. The molecule has 2 aromatic rings. The molecule has 1 aliphatic carbocycles. The van der Waals surface area contributed by atoms with Gasteiger partial charge >= 0.3 is 0 Å². The maximum atomic E-state index is 13.6. The van der Waals surface area contributed by atoms with Crippen LogP contribution in [0.3, 0.4) is 0 Å². The van der Waals surface area contributed by atoms with Crippen molar-refractivity contribution in [2.75, 3.05) is 25.6 Å². The maximum absolute atomic E-state index is 13.6. The summed E-state index contributed by atoms with van der Waals surface area (Å²) in [5.41, 5.74) is -0.223. The summed E-state index contributed by atoms with van der Waals surface area (Å²) in [4.78, 5) is 26.3. The molecule has 0 spiro atoms. The van der Waals surface area contributed by atoms with Gasteiger partial charge in [0, 0.05) is 25.1 Å². The molecule has 3 rings (SSSR count). The van der Waals surface area contributed by atoms with E-state index in [0.29, 0.717) is 11.5 Å². The second kappa shape index (κ2) is 9.36. The Labute approximate surface area is 167 Å². The van der Waals surface area contributed by atoms with E-state index >= 15 is 0 Å². The zero-order valence-corrected chi connectivity index (χ0v) is 16.0. The second-order valence-electron chi connectivity index (χ2n) is 6.68. The molecule has 1 fully saturated rings. The number of benzene rings is 2. The summed E-state index contributed by atoms with van der Waals surface area (Å²) < 4.78 is 37.6. The monoisotopic (exact) mass is 404 g/mol. The van der Waals surface area contributed by atoms with E-state index in [-0.39, 0.29) is 37.2 Å². The minimum Gasteiger partial charge on any atom is -0.493 e. The lowest BCUT2D eigenvalue weighted by atomic mass is 10.2. The van der Waals surface area contributed by atoms with Gasteiger partial charge in [-0.2, -0.15) is 0 Å². The maximum Gasteiger partial charge on any atom is 0.260 e. The number of halogens is 2. The molecule has 8 heteroatoms. The number of nitrogens with one attached hydrogen (secondary N) is 1. The van der Waals surface area contributed by atoms with Crippen molar-refractivity contribution in [1.29, 1.82) is 0 Å². The number of carbonyl (C=O) groups is 2. The highest BCUT2D eigenvalue weighted by atomic mass is 19.1. The van der Waals surface area contributed by atoms with Crippen LogP contribution in [0.1, 0.15) is 19.3 Å². The summed E-state index contributed by atoms with van der Waals surface area (Å²) in [5, 5.41) is 2.34. The molecule has 2 amide bonds. The predicted molar refractivity (Wildman–Crippen MR) is 103 cm³/mol. The number of nitrogens with zero attached hydrogens (tertiary/aromatic N) is 1. The number of amides is 2. The summed E-state index contributed by atoms with van der Waals surface area (Å²) in [6.07, 6.45) is 1.69. The third-order valence-electron chi connectivity index (χ3n) is 4.51. The van der Waals surface area contributed by atoms with Gasteiger partial charge in [0.2, 0.25) is 5.91 Å². The average Bonchev–Trinajstić information content (AvgIpc) is 3.54. The molecule has 0 atom stereocenters. The normalized spacial score (nSPS) is 12.9. The molecule has 0 aliphatic heterocycles. The number of methoxy groups -OCH3 is 1. The van der Waals surface area contributed by atoms with Gasteiger partial charge in [-0.05, 0) is 37.1 Å². The van der Waals surface area contributed by atoms with Crippen molar-refractivity contribution in [3.8, 4) is 11.5 Å². The third kappa shape index (κ3) is 5.66. The van der Waals surface area contributed by atoms with E-state index in [2.05, 4.69) is 5.32 Å². The molecule has 1 saturated carbocycles. The topological polar surface area (TPSA) is 67.9 Å². The van der Waals surface area contributed by atoms with Crippen LogP contribution < -0.4 is 14.8 Å². The van der Waals surface area contributed by atoms with Crippen LogP contribution in [0.25, 0.3) is 0 Å². The fourth-order valence-corrected chi connectivity index (χ4v) is 2.89. The lowest BCUT2D eigenvalue weighted by Crippen LogP contribution is -2.38. The molecule has 29 heavy (non-hydrogen) atoms. The van der Waals surface area contributed by atoms with Crippen LogP contribution in [-0.2, 0) is 9.59 Å². The van der Waals surface area contributed by atoms with Crippen LogP contribution in [0.15, 0.2) is 42.5 Å². The fraction of sp³-hybridized carbons (Fsp3) is 0.333. The second-order valence-corrected chi connectivity index (χ2v) is 6.68. The Bertz CT molecular complexity index is 887. The molecule has 0 aromatic heterocycles. The summed E-state index contributed by atoms with van der Waals surface area (Å²) in [6, 6.07) is 9.91. The van der Waals surface area contributed by atoms with Gasteiger partial charge in [0.25, 0.3) is 5.91 Å². The molecule has 1 N–H and O–H groups in total.